The van der Waals surface area contributed by atoms with E-state index >= 15 is 0 Å². The largest absolute Gasteiger partial charge is 0.435 e. The lowest BCUT2D eigenvalue weighted by Crippen LogP contribution is -2.34. The van der Waals surface area contributed by atoms with E-state index in [4.69, 9.17) is 0 Å². The molecule has 1 fully saturated rings. The van der Waals surface area contributed by atoms with Gasteiger partial charge in [-0.1, -0.05) is 12.1 Å². The van der Waals surface area contributed by atoms with Gasteiger partial charge in [0.2, 0.25) is 5.91 Å². The van der Waals surface area contributed by atoms with Crippen molar-refractivity contribution in [2.24, 2.45) is 0 Å². The van der Waals surface area contributed by atoms with Crippen LogP contribution in [0.1, 0.15) is 57.8 Å². The molecule has 5 rings (SSSR count). The number of benzene rings is 2. The fraction of sp³-hybridized carbons (Fsp3) is 0.267. The molecule has 4 aromatic rings. The number of rotatable bonds is 9. The summed E-state index contributed by atoms with van der Waals surface area (Å²) in [5.74, 6) is -3.99. The summed E-state index contributed by atoms with van der Waals surface area (Å²) in [7, 11) is 1.35. The lowest BCUT2D eigenvalue weighted by atomic mass is 9.94. The van der Waals surface area contributed by atoms with Gasteiger partial charge in [0, 0.05) is 36.5 Å². The third-order valence-corrected chi connectivity index (χ3v) is 7.01. The van der Waals surface area contributed by atoms with Crippen molar-refractivity contribution in [2.45, 2.75) is 43.9 Å². The molecule has 0 bridgehead atoms. The van der Waals surface area contributed by atoms with E-state index in [0.29, 0.717) is 30.0 Å². The molecule has 224 valence electrons. The van der Waals surface area contributed by atoms with E-state index in [1.54, 1.807) is 12.1 Å². The van der Waals surface area contributed by atoms with Gasteiger partial charge in [0.25, 0.3) is 5.91 Å². The van der Waals surface area contributed by atoms with Gasteiger partial charge in [-0.2, -0.15) is 18.3 Å². The Morgan fingerprint density at radius 1 is 1.02 bits per heavy atom. The lowest BCUT2D eigenvalue weighted by Gasteiger charge is -2.22. The number of nitrogens with zero attached hydrogens (tertiary/aromatic N) is 3. The van der Waals surface area contributed by atoms with Crippen molar-refractivity contribution in [3.63, 3.8) is 0 Å². The van der Waals surface area contributed by atoms with Crippen LogP contribution in [0.15, 0.2) is 60.8 Å². The number of hydrogen-bond acceptors (Lipinski definition) is 4. The number of carbonyl (C=O) groups excluding carboxylic acids is 2. The molecule has 1 aliphatic rings. The van der Waals surface area contributed by atoms with Gasteiger partial charge in [0.05, 0.1) is 17.3 Å². The van der Waals surface area contributed by atoms with Crippen molar-refractivity contribution in [3.05, 3.63) is 106 Å². The summed E-state index contributed by atoms with van der Waals surface area (Å²) in [4.78, 5) is 29.9. The fourth-order valence-electron chi connectivity index (χ4n) is 4.90. The standard InChI is InChI=1S/C30H25F6N5O2/c1-37-29(43)22-12-18(6-7-23(22)33)21-3-2-8-38-28(21)24(11-16-9-19(31)13-20(32)10-16)39-27(42)15-41-25(17-4-5-17)14-26(40-41)30(34,35)36/h2-3,6-10,12-14,17,24H,4-5,11,15H2,1H3,(H,37,43)(H,39,42)/t24-/m0/s1. The van der Waals surface area contributed by atoms with Crippen LogP contribution in [-0.2, 0) is 23.9 Å². The maximum absolute atomic E-state index is 14.4. The third kappa shape index (κ3) is 6.87. The summed E-state index contributed by atoms with van der Waals surface area (Å²) in [6.07, 6.45) is -2.09. The van der Waals surface area contributed by atoms with Crippen molar-refractivity contribution in [2.75, 3.05) is 7.05 Å². The predicted octanol–water partition coefficient (Wildman–Crippen LogP) is 5.72. The first kappa shape index (κ1) is 29.8. The lowest BCUT2D eigenvalue weighted by molar-refractivity contribution is -0.141. The number of nitrogens with one attached hydrogen (secondary N) is 2. The van der Waals surface area contributed by atoms with Gasteiger partial charge in [-0.15, -0.1) is 0 Å². The van der Waals surface area contributed by atoms with Gasteiger partial charge >= 0.3 is 6.18 Å². The number of pyridine rings is 1. The quantitative estimate of drug-likeness (QED) is 0.240. The second-order valence-corrected chi connectivity index (χ2v) is 10.2. The first-order valence-electron chi connectivity index (χ1n) is 13.3. The molecule has 2 aromatic carbocycles. The van der Waals surface area contributed by atoms with Crippen LogP contribution in [0, 0.1) is 17.5 Å². The minimum absolute atomic E-state index is 0.141. The second kappa shape index (κ2) is 11.9. The Kier molecular flexibility index (Phi) is 8.25. The maximum Gasteiger partial charge on any atom is 0.435 e. The van der Waals surface area contributed by atoms with Crippen LogP contribution in [0.3, 0.4) is 0 Å². The molecular weight excluding hydrogens is 576 g/mol. The minimum Gasteiger partial charge on any atom is -0.355 e. The molecule has 0 spiro atoms. The van der Waals surface area contributed by atoms with Crippen LogP contribution in [0.25, 0.3) is 11.1 Å². The number of aromatic nitrogens is 3. The van der Waals surface area contributed by atoms with E-state index < -0.39 is 53.7 Å². The Balaban J connectivity index is 1.52. The number of carbonyl (C=O) groups is 2. The maximum atomic E-state index is 14.4. The van der Waals surface area contributed by atoms with Crippen molar-refractivity contribution < 1.29 is 35.9 Å². The third-order valence-electron chi connectivity index (χ3n) is 7.01. The van der Waals surface area contributed by atoms with Gasteiger partial charge in [-0.25, -0.2) is 13.2 Å². The average molecular weight is 602 g/mol. The topological polar surface area (TPSA) is 88.9 Å². The Bertz CT molecular complexity index is 1660. The number of halogens is 6. The van der Waals surface area contributed by atoms with Crippen molar-refractivity contribution >= 4 is 11.8 Å². The number of hydrogen-bond donors (Lipinski definition) is 2. The zero-order valence-corrected chi connectivity index (χ0v) is 22.7. The summed E-state index contributed by atoms with van der Waals surface area (Å²) >= 11 is 0. The Labute approximate surface area is 241 Å². The molecular formula is C30H25F6N5O2. The highest BCUT2D eigenvalue weighted by molar-refractivity contribution is 5.95. The van der Waals surface area contributed by atoms with Crippen LogP contribution in [0.2, 0.25) is 0 Å². The summed E-state index contributed by atoms with van der Waals surface area (Å²) in [5.41, 5.74) is 0.0736. The molecule has 2 amide bonds. The van der Waals surface area contributed by atoms with Crippen LogP contribution in [-0.4, -0.2) is 33.6 Å². The van der Waals surface area contributed by atoms with Gasteiger partial charge in [-0.3, -0.25) is 19.3 Å². The summed E-state index contributed by atoms with van der Waals surface area (Å²) in [5, 5.41) is 8.71. The molecule has 2 N–H and O–H groups in total. The van der Waals surface area contributed by atoms with E-state index in [1.165, 1.54) is 25.4 Å². The molecule has 2 heterocycles. The highest BCUT2D eigenvalue weighted by Gasteiger charge is 2.38. The van der Waals surface area contributed by atoms with E-state index in [2.05, 4.69) is 20.7 Å². The molecule has 0 aliphatic heterocycles. The fourth-order valence-corrected chi connectivity index (χ4v) is 4.90. The summed E-state index contributed by atoms with van der Waals surface area (Å²) < 4.78 is 83.7. The van der Waals surface area contributed by atoms with Crippen LogP contribution in [0.4, 0.5) is 26.3 Å². The first-order chi connectivity index (χ1) is 20.4. The molecule has 43 heavy (non-hydrogen) atoms. The monoisotopic (exact) mass is 601 g/mol. The van der Waals surface area contributed by atoms with E-state index in [0.717, 1.165) is 28.9 Å². The minimum atomic E-state index is -4.69. The van der Waals surface area contributed by atoms with Crippen molar-refractivity contribution in [1.29, 1.82) is 0 Å². The molecule has 0 saturated heterocycles. The first-order valence-corrected chi connectivity index (χ1v) is 13.3. The van der Waals surface area contributed by atoms with Crippen LogP contribution >= 0.6 is 0 Å². The molecule has 7 nitrogen and oxygen atoms in total. The highest BCUT2D eigenvalue weighted by atomic mass is 19.4. The Morgan fingerprint density at radius 3 is 2.40 bits per heavy atom. The van der Waals surface area contributed by atoms with E-state index in [9.17, 15) is 35.9 Å². The molecule has 1 saturated carbocycles. The Morgan fingerprint density at radius 2 is 1.74 bits per heavy atom. The average Bonchev–Trinajstić information content (AvgIpc) is 3.70. The molecule has 1 atom stereocenters. The number of amides is 2. The SMILES string of the molecule is CNC(=O)c1cc(-c2cccnc2[C@H](Cc2cc(F)cc(F)c2)NC(=O)Cn2nc(C(F)(F)F)cc2C2CC2)ccc1F. The summed E-state index contributed by atoms with van der Waals surface area (Å²) in [6.45, 7) is -0.546. The molecule has 13 heteroatoms. The molecule has 1 aliphatic carbocycles. The van der Waals surface area contributed by atoms with Crippen LogP contribution in [0.5, 0.6) is 0 Å². The van der Waals surface area contributed by atoms with Crippen LogP contribution < -0.4 is 10.6 Å². The van der Waals surface area contributed by atoms with Gasteiger partial charge < -0.3 is 10.6 Å². The second-order valence-electron chi connectivity index (χ2n) is 10.2. The number of alkyl halides is 3. The van der Waals surface area contributed by atoms with E-state index in [-0.39, 0.29) is 34.9 Å². The molecule has 0 radical (unpaired) electrons. The van der Waals surface area contributed by atoms with Crippen molar-refractivity contribution in [3.8, 4) is 11.1 Å². The highest BCUT2D eigenvalue weighted by Crippen LogP contribution is 2.42. The van der Waals surface area contributed by atoms with Gasteiger partial charge in [0.15, 0.2) is 5.69 Å². The van der Waals surface area contributed by atoms with Gasteiger partial charge in [0.1, 0.15) is 24.0 Å². The normalized spacial score (nSPS) is 13.9. The smallest absolute Gasteiger partial charge is 0.355 e. The zero-order chi connectivity index (χ0) is 30.9. The predicted molar refractivity (Wildman–Crippen MR) is 143 cm³/mol. The van der Waals surface area contributed by atoms with E-state index in [1.807, 2.05) is 0 Å². The van der Waals surface area contributed by atoms with Gasteiger partial charge in [-0.05, 0) is 66.8 Å². The van der Waals surface area contributed by atoms with Crippen molar-refractivity contribution in [1.82, 2.24) is 25.4 Å². The Hall–Kier alpha value is -4.68. The molecule has 2 aromatic heterocycles. The zero-order valence-electron chi connectivity index (χ0n) is 22.7. The summed E-state index contributed by atoms with van der Waals surface area (Å²) in [6, 6.07) is 9.76. The molecule has 0 unspecified atom stereocenters.